The van der Waals surface area contributed by atoms with E-state index in [0.717, 1.165) is 23.2 Å². The van der Waals surface area contributed by atoms with Crippen LogP contribution in [0.1, 0.15) is 34.1 Å². The van der Waals surface area contributed by atoms with Gasteiger partial charge in [0.2, 0.25) is 5.95 Å². The van der Waals surface area contributed by atoms with Gasteiger partial charge < -0.3 is 10.6 Å². The second kappa shape index (κ2) is 8.64. The van der Waals surface area contributed by atoms with Crippen LogP contribution in [0.15, 0.2) is 54.7 Å². The van der Waals surface area contributed by atoms with Gasteiger partial charge in [-0.1, -0.05) is 48.9 Å². The Kier molecular flexibility index (Phi) is 6.04. The first-order chi connectivity index (χ1) is 13.1. The van der Waals surface area contributed by atoms with Gasteiger partial charge in [-0.15, -0.1) is 0 Å². The number of anilines is 2. The van der Waals surface area contributed by atoms with Crippen molar-refractivity contribution in [2.24, 2.45) is 0 Å². The summed E-state index contributed by atoms with van der Waals surface area (Å²) in [7, 11) is 0. The van der Waals surface area contributed by atoms with E-state index < -0.39 is 0 Å². The van der Waals surface area contributed by atoms with E-state index in [1.165, 1.54) is 5.56 Å². The number of carbonyl (C=O) groups excluding carboxylic acids is 1. The molecule has 6 heteroatoms. The van der Waals surface area contributed by atoms with Crippen molar-refractivity contribution in [3.63, 3.8) is 0 Å². The van der Waals surface area contributed by atoms with Crippen molar-refractivity contribution in [2.75, 3.05) is 5.32 Å². The molecule has 0 atom stereocenters. The van der Waals surface area contributed by atoms with Gasteiger partial charge in [0, 0.05) is 23.5 Å². The third-order valence-electron chi connectivity index (χ3n) is 4.23. The summed E-state index contributed by atoms with van der Waals surface area (Å²) in [4.78, 5) is 21.0. The summed E-state index contributed by atoms with van der Waals surface area (Å²) in [5, 5.41) is 6.78. The maximum absolute atomic E-state index is 12.4. The predicted molar refractivity (Wildman–Crippen MR) is 108 cm³/mol. The third-order valence-corrected chi connectivity index (χ3v) is 4.48. The predicted octanol–water partition coefficient (Wildman–Crippen LogP) is 4.67. The molecule has 3 aromatic rings. The van der Waals surface area contributed by atoms with Crippen LogP contribution in [-0.2, 0) is 13.0 Å². The minimum absolute atomic E-state index is 0.254. The van der Waals surface area contributed by atoms with Gasteiger partial charge in [-0.05, 0) is 48.2 Å². The zero-order chi connectivity index (χ0) is 19.2. The lowest BCUT2D eigenvalue weighted by Gasteiger charge is -2.13. The summed E-state index contributed by atoms with van der Waals surface area (Å²) in [6, 6.07) is 15.1. The van der Waals surface area contributed by atoms with Crippen molar-refractivity contribution < 1.29 is 4.79 Å². The van der Waals surface area contributed by atoms with Crippen molar-refractivity contribution in [2.45, 2.75) is 26.8 Å². The molecule has 0 aliphatic heterocycles. The SMILES string of the molecule is CCc1cccc(C)c1Nc1nccc(C(=O)NCc2ccc(Cl)cc2)n1. The Hall–Kier alpha value is -2.92. The first-order valence-corrected chi connectivity index (χ1v) is 9.16. The maximum Gasteiger partial charge on any atom is 0.270 e. The van der Waals surface area contributed by atoms with E-state index in [4.69, 9.17) is 11.6 Å². The van der Waals surface area contributed by atoms with Gasteiger partial charge in [0.1, 0.15) is 5.69 Å². The number of aromatic nitrogens is 2. The number of hydrogen-bond donors (Lipinski definition) is 2. The highest BCUT2D eigenvalue weighted by Crippen LogP contribution is 2.23. The Morgan fingerprint density at radius 3 is 2.63 bits per heavy atom. The van der Waals surface area contributed by atoms with E-state index in [2.05, 4.69) is 33.6 Å². The van der Waals surface area contributed by atoms with Gasteiger partial charge in [-0.2, -0.15) is 0 Å². The Labute approximate surface area is 163 Å². The molecular formula is C21H21ClN4O. The number of halogens is 1. The minimum Gasteiger partial charge on any atom is -0.347 e. The topological polar surface area (TPSA) is 66.9 Å². The fourth-order valence-electron chi connectivity index (χ4n) is 2.73. The number of hydrogen-bond acceptors (Lipinski definition) is 4. The van der Waals surface area contributed by atoms with Crippen molar-refractivity contribution in [1.82, 2.24) is 15.3 Å². The molecule has 0 bridgehead atoms. The highest BCUT2D eigenvalue weighted by atomic mass is 35.5. The monoisotopic (exact) mass is 380 g/mol. The molecule has 0 radical (unpaired) electrons. The molecule has 0 aliphatic rings. The van der Waals surface area contributed by atoms with Crippen LogP contribution in [0.25, 0.3) is 0 Å². The lowest BCUT2D eigenvalue weighted by atomic mass is 10.1. The van der Waals surface area contributed by atoms with Gasteiger partial charge in [-0.3, -0.25) is 4.79 Å². The number of carbonyl (C=O) groups is 1. The first kappa shape index (κ1) is 18.9. The van der Waals surface area contributed by atoms with Crippen LogP contribution < -0.4 is 10.6 Å². The van der Waals surface area contributed by atoms with E-state index in [1.807, 2.05) is 31.2 Å². The van der Waals surface area contributed by atoms with E-state index in [0.29, 0.717) is 23.2 Å². The summed E-state index contributed by atoms with van der Waals surface area (Å²) >= 11 is 5.88. The number of nitrogens with zero attached hydrogens (tertiary/aromatic N) is 2. The van der Waals surface area contributed by atoms with Gasteiger partial charge in [0.25, 0.3) is 5.91 Å². The highest BCUT2D eigenvalue weighted by Gasteiger charge is 2.11. The molecule has 5 nitrogen and oxygen atoms in total. The van der Waals surface area contributed by atoms with Gasteiger partial charge >= 0.3 is 0 Å². The van der Waals surface area contributed by atoms with Crippen molar-refractivity contribution in [1.29, 1.82) is 0 Å². The summed E-state index contributed by atoms with van der Waals surface area (Å²) in [5.41, 5.74) is 4.55. The van der Waals surface area contributed by atoms with E-state index in [1.54, 1.807) is 24.4 Å². The highest BCUT2D eigenvalue weighted by molar-refractivity contribution is 6.30. The van der Waals surface area contributed by atoms with E-state index >= 15 is 0 Å². The molecule has 0 spiro atoms. The number of nitrogens with one attached hydrogen (secondary N) is 2. The normalized spacial score (nSPS) is 10.5. The van der Waals surface area contributed by atoms with Crippen LogP contribution in [0.2, 0.25) is 5.02 Å². The van der Waals surface area contributed by atoms with Crippen LogP contribution in [0.5, 0.6) is 0 Å². The molecule has 0 saturated heterocycles. The van der Waals surface area contributed by atoms with Gasteiger partial charge in [0.15, 0.2) is 0 Å². The summed E-state index contributed by atoms with van der Waals surface area (Å²) in [6.45, 7) is 4.53. The molecule has 1 amide bonds. The van der Waals surface area contributed by atoms with E-state index in [9.17, 15) is 4.79 Å². The summed E-state index contributed by atoms with van der Waals surface area (Å²) in [5.74, 6) is 0.147. The van der Waals surface area contributed by atoms with Crippen LogP contribution in [0.3, 0.4) is 0 Å². The van der Waals surface area contributed by atoms with Gasteiger partial charge in [-0.25, -0.2) is 9.97 Å². The molecule has 3 rings (SSSR count). The molecule has 0 fully saturated rings. The second-order valence-electron chi connectivity index (χ2n) is 6.16. The fourth-order valence-corrected chi connectivity index (χ4v) is 2.86. The van der Waals surface area contributed by atoms with Gasteiger partial charge in [0.05, 0.1) is 0 Å². The number of amides is 1. The number of rotatable bonds is 6. The molecule has 0 unspecified atom stereocenters. The smallest absolute Gasteiger partial charge is 0.270 e. The largest absolute Gasteiger partial charge is 0.347 e. The number of benzene rings is 2. The standard InChI is InChI=1S/C21H21ClN4O/c1-3-16-6-4-5-14(2)19(16)26-21-23-12-11-18(25-21)20(27)24-13-15-7-9-17(22)10-8-15/h4-12H,3,13H2,1-2H3,(H,24,27)(H,23,25,26). The lowest BCUT2D eigenvalue weighted by Crippen LogP contribution is -2.24. The molecule has 0 saturated carbocycles. The van der Waals surface area contributed by atoms with Crippen molar-refractivity contribution in [3.8, 4) is 0 Å². The zero-order valence-corrected chi connectivity index (χ0v) is 16.0. The summed E-state index contributed by atoms with van der Waals surface area (Å²) < 4.78 is 0. The Morgan fingerprint density at radius 2 is 1.89 bits per heavy atom. The maximum atomic E-state index is 12.4. The number of para-hydroxylation sites is 1. The molecule has 138 valence electrons. The first-order valence-electron chi connectivity index (χ1n) is 8.78. The Balaban J connectivity index is 1.71. The van der Waals surface area contributed by atoms with Crippen LogP contribution in [-0.4, -0.2) is 15.9 Å². The molecule has 0 aliphatic carbocycles. The quantitative estimate of drug-likeness (QED) is 0.651. The average Bonchev–Trinajstić information content (AvgIpc) is 2.69. The van der Waals surface area contributed by atoms with E-state index in [-0.39, 0.29) is 5.91 Å². The van der Waals surface area contributed by atoms with Crippen LogP contribution in [0, 0.1) is 6.92 Å². The van der Waals surface area contributed by atoms with Crippen LogP contribution in [0.4, 0.5) is 11.6 Å². The van der Waals surface area contributed by atoms with Crippen molar-refractivity contribution >= 4 is 29.1 Å². The Morgan fingerprint density at radius 1 is 1.11 bits per heavy atom. The van der Waals surface area contributed by atoms with Crippen LogP contribution >= 0.6 is 11.6 Å². The molecular weight excluding hydrogens is 360 g/mol. The molecule has 2 aromatic carbocycles. The summed E-state index contributed by atoms with van der Waals surface area (Å²) in [6.07, 6.45) is 2.47. The fraction of sp³-hybridized carbons (Fsp3) is 0.190. The zero-order valence-electron chi connectivity index (χ0n) is 15.3. The molecule has 1 aromatic heterocycles. The molecule has 2 N–H and O–H groups in total. The average molecular weight is 381 g/mol. The minimum atomic E-state index is -0.254. The third kappa shape index (κ3) is 4.83. The van der Waals surface area contributed by atoms with Crippen molar-refractivity contribution in [3.05, 3.63) is 82.1 Å². The molecule has 1 heterocycles. The number of aryl methyl sites for hydroxylation is 2. The Bertz CT molecular complexity index is 941. The lowest BCUT2D eigenvalue weighted by molar-refractivity contribution is 0.0946. The molecule has 27 heavy (non-hydrogen) atoms. The second-order valence-corrected chi connectivity index (χ2v) is 6.60.